The van der Waals surface area contributed by atoms with Gasteiger partial charge in [0.1, 0.15) is 5.52 Å². The zero-order valence-corrected chi connectivity index (χ0v) is 12.4. The number of carbonyl (C=O) groups is 1. The molecule has 0 aliphatic rings. The molecule has 5 nitrogen and oxygen atoms in total. The molecule has 1 heterocycles. The van der Waals surface area contributed by atoms with E-state index in [0.29, 0.717) is 0 Å². The highest BCUT2D eigenvalue weighted by atomic mass is 79.9. The van der Waals surface area contributed by atoms with Crippen molar-refractivity contribution in [3.63, 3.8) is 0 Å². The molecule has 0 spiro atoms. The van der Waals surface area contributed by atoms with Gasteiger partial charge in [0.15, 0.2) is 0 Å². The Morgan fingerprint density at radius 3 is 2.81 bits per heavy atom. The van der Waals surface area contributed by atoms with Crippen molar-refractivity contribution in [2.45, 2.75) is 0 Å². The Balaban J connectivity index is 2.04. The maximum absolute atomic E-state index is 10.6. The van der Waals surface area contributed by atoms with E-state index < -0.39 is 5.97 Å². The lowest BCUT2D eigenvalue weighted by Gasteiger charge is -2.05. The number of rotatable bonds is 3. The van der Waals surface area contributed by atoms with Gasteiger partial charge in [-0.05, 0) is 35.9 Å². The van der Waals surface area contributed by atoms with Crippen LogP contribution >= 0.6 is 15.9 Å². The highest BCUT2D eigenvalue weighted by molar-refractivity contribution is 9.10. The molecule has 0 saturated heterocycles. The lowest BCUT2D eigenvalue weighted by molar-refractivity contribution is -0.131. The summed E-state index contributed by atoms with van der Waals surface area (Å²) in [4.78, 5) is 10.6. The van der Waals surface area contributed by atoms with Crippen molar-refractivity contribution in [3.8, 4) is 5.69 Å². The summed E-state index contributed by atoms with van der Waals surface area (Å²) in [6.45, 7) is 0. The quantitative estimate of drug-likeness (QED) is 0.741. The number of para-hydroxylation sites is 1. The Kier molecular flexibility index (Phi) is 3.53. The smallest absolute Gasteiger partial charge is 0.328 e. The van der Waals surface area contributed by atoms with Gasteiger partial charge in [-0.25, -0.2) is 9.48 Å². The summed E-state index contributed by atoms with van der Waals surface area (Å²) in [6.07, 6.45) is 2.64. The number of carboxylic acids is 1. The Morgan fingerprint density at radius 1 is 1.24 bits per heavy atom. The van der Waals surface area contributed by atoms with Gasteiger partial charge in [0.25, 0.3) is 0 Å². The van der Waals surface area contributed by atoms with Gasteiger partial charge < -0.3 is 5.11 Å². The molecule has 3 rings (SSSR count). The maximum Gasteiger partial charge on any atom is 0.328 e. The second-order valence-electron chi connectivity index (χ2n) is 4.37. The zero-order chi connectivity index (χ0) is 14.8. The Hall–Kier alpha value is -2.47. The SMILES string of the molecule is O=C(O)/C=C/c1ccc(-n2nnc3ccccc32)cc1Br. The lowest BCUT2D eigenvalue weighted by Crippen LogP contribution is -1.97. The molecule has 104 valence electrons. The van der Waals surface area contributed by atoms with Crippen LogP contribution in [0.2, 0.25) is 0 Å². The molecule has 0 aliphatic carbocycles. The standard InChI is InChI=1S/C15H10BrN3O2/c16-12-9-11(7-5-10(12)6-8-15(20)21)19-14-4-2-1-3-13(14)17-18-19/h1-9H,(H,20,21)/b8-6+. The van der Waals surface area contributed by atoms with E-state index in [-0.39, 0.29) is 0 Å². The van der Waals surface area contributed by atoms with Crippen molar-refractivity contribution < 1.29 is 9.90 Å². The van der Waals surface area contributed by atoms with Crippen molar-refractivity contribution in [1.29, 1.82) is 0 Å². The average Bonchev–Trinajstić information content (AvgIpc) is 2.89. The van der Waals surface area contributed by atoms with E-state index in [0.717, 1.165) is 32.8 Å². The van der Waals surface area contributed by atoms with Gasteiger partial charge in [0.2, 0.25) is 0 Å². The minimum atomic E-state index is -0.978. The normalized spacial score (nSPS) is 11.3. The number of aliphatic carboxylic acids is 1. The molecule has 0 amide bonds. The van der Waals surface area contributed by atoms with E-state index in [9.17, 15) is 4.79 Å². The first-order valence-corrected chi connectivity index (χ1v) is 6.96. The van der Waals surface area contributed by atoms with Gasteiger partial charge >= 0.3 is 5.97 Å². The zero-order valence-electron chi connectivity index (χ0n) is 10.8. The molecular formula is C15H10BrN3O2. The number of nitrogens with zero attached hydrogens (tertiary/aromatic N) is 3. The van der Waals surface area contributed by atoms with Gasteiger partial charge in [0, 0.05) is 10.5 Å². The third kappa shape index (κ3) is 2.71. The van der Waals surface area contributed by atoms with Crippen LogP contribution in [0.25, 0.3) is 22.8 Å². The molecule has 21 heavy (non-hydrogen) atoms. The Labute approximate surface area is 128 Å². The molecule has 0 fully saturated rings. The molecule has 0 bridgehead atoms. The summed E-state index contributed by atoms with van der Waals surface area (Å²) in [7, 11) is 0. The molecule has 0 aliphatic heterocycles. The number of benzene rings is 2. The van der Waals surface area contributed by atoms with Crippen LogP contribution in [0.1, 0.15) is 5.56 Å². The van der Waals surface area contributed by atoms with Crippen molar-refractivity contribution in [3.05, 3.63) is 58.6 Å². The third-order valence-corrected chi connectivity index (χ3v) is 3.67. The van der Waals surface area contributed by atoms with Crippen LogP contribution in [0.15, 0.2) is 53.0 Å². The molecule has 1 N–H and O–H groups in total. The molecule has 0 radical (unpaired) electrons. The predicted octanol–water partition coefficient (Wildman–Crippen LogP) is 3.28. The summed E-state index contributed by atoms with van der Waals surface area (Å²) < 4.78 is 2.53. The fourth-order valence-electron chi connectivity index (χ4n) is 2.00. The molecule has 0 unspecified atom stereocenters. The number of hydrogen-bond donors (Lipinski definition) is 1. The molecular weight excluding hydrogens is 334 g/mol. The first-order chi connectivity index (χ1) is 10.1. The van der Waals surface area contributed by atoms with Gasteiger partial charge in [-0.15, -0.1) is 5.10 Å². The average molecular weight is 344 g/mol. The number of hydrogen-bond acceptors (Lipinski definition) is 3. The van der Waals surface area contributed by atoms with E-state index in [4.69, 9.17) is 5.11 Å². The molecule has 2 aromatic carbocycles. The first kappa shape index (κ1) is 13.5. The minimum absolute atomic E-state index is 0.783. The first-order valence-electron chi connectivity index (χ1n) is 6.16. The van der Waals surface area contributed by atoms with Crippen LogP contribution in [0.5, 0.6) is 0 Å². The lowest BCUT2D eigenvalue weighted by atomic mass is 10.2. The van der Waals surface area contributed by atoms with E-state index >= 15 is 0 Å². The Bertz CT molecular complexity index is 855. The molecule has 0 saturated carbocycles. The fourth-order valence-corrected chi connectivity index (χ4v) is 2.50. The maximum atomic E-state index is 10.6. The molecule has 1 aromatic heterocycles. The molecule has 6 heteroatoms. The minimum Gasteiger partial charge on any atom is -0.478 e. The third-order valence-electron chi connectivity index (χ3n) is 2.99. The van der Waals surface area contributed by atoms with Crippen LogP contribution in [-0.2, 0) is 4.79 Å². The van der Waals surface area contributed by atoms with Crippen molar-refractivity contribution >= 4 is 39.0 Å². The highest BCUT2D eigenvalue weighted by Gasteiger charge is 2.07. The Morgan fingerprint density at radius 2 is 2.05 bits per heavy atom. The predicted molar refractivity (Wildman–Crippen MR) is 83.2 cm³/mol. The van der Waals surface area contributed by atoms with E-state index in [1.165, 1.54) is 6.08 Å². The van der Waals surface area contributed by atoms with Crippen molar-refractivity contribution in [1.82, 2.24) is 15.0 Å². The van der Waals surface area contributed by atoms with Crippen LogP contribution in [0.3, 0.4) is 0 Å². The topological polar surface area (TPSA) is 68.0 Å². The van der Waals surface area contributed by atoms with E-state index in [1.807, 2.05) is 42.5 Å². The monoisotopic (exact) mass is 343 g/mol. The highest BCUT2D eigenvalue weighted by Crippen LogP contribution is 2.23. The van der Waals surface area contributed by atoms with E-state index in [2.05, 4.69) is 26.2 Å². The van der Waals surface area contributed by atoms with Crippen LogP contribution in [-0.4, -0.2) is 26.1 Å². The molecule has 0 atom stereocenters. The van der Waals surface area contributed by atoms with Gasteiger partial charge in [0.05, 0.1) is 11.2 Å². The van der Waals surface area contributed by atoms with E-state index in [1.54, 1.807) is 4.68 Å². The summed E-state index contributed by atoms with van der Waals surface area (Å²) in [6, 6.07) is 13.3. The van der Waals surface area contributed by atoms with Crippen LogP contribution in [0.4, 0.5) is 0 Å². The van der Waals surface area contributed by atoms with Gasteiger partial charge in [-0.2, -0.15) is 0 Å². The van der Waals surface area contributed by atoms with Crippen LogP contribution in [0, 0.1) is 0 Å². The summed E-state index contributed by atoms with van der Waals surface area (Å²) in [5, 5.41) is 16.9. The number of aromatic nitrogens is 3. The summed E-state index contributed by atoms with van der Waals surface area (Å²) in [5.41, 5.74) is 3.37. The van der Waals surface area contributed by atoms with Crippen molar-refractivity contribution in [2.24, 2.45) is 0 Å². The summed E-state index contributed by atoms with van der Waals surface area (Å²) >= 11 is 3.44. The van der Waals surface area contributed by atoms with Crippen LogP contribution < -0.4 is 0 Å². The number of halogens is 1. The number of fused-ring (bicyclic) bond motifs is 1. The second kappa shape index (κ2) is 5.49. The summed E-state index contributed by atoms with van der Waals surface area (Å²) in [5.74, 6) is -0.978. The second-order valence-corrected chi connectivity index (χ2v) is 5.22. The number of carboxylic acid groups (broad SMARTS) is 1. The van der Waals surface area contributed by atoms with Crippen molar-refractivity contribution in [2.75, 3.05) is 0 Å². The fraction of sp³-hybridized carbons (Fsp3) is 0. The molecule has 3 aromatic rings. The van der Waals surface area contributed by atoms with Gasteiger partial charge in [-0.1, -0.05) is 39.3 Å². The largest absolute Gasteiger partial charge is 0.478 e. The van der Waals surface area contributed by atoms with Gasteiger partial charge in [-0.3, -0.25) is 0 Å².